The molecule has 1 aromatic heterocycles. The Morgan fingerprint density at radius 3 is 2.83 bits per heavy atom. The van der Waals surface area contributed by atoms with E-state index >= 15 is 0 Å². The van der Waals surface area contributed by atoms with Gasteiger partial charge in [0.25, 0.3) is 0 Å². The van der Waals surface area contributed by atoms with Gasteiger partial charge in [-0.05, 0) is 64.4 Å². The number of rotatable bonds is 7. The Morgan fingerprint density at radius 1 is 1.27 bits per heavy atom. The zero-order valence-corrected chi connectivity index (χ0v) is 19.5. The van der Waals surface area contributed by atoms with Gasteiger partial charge in [0, 0.05) is 21.3 Å². The van der Waals surface area contributed by atoms with E-state index in [0.717, 1.165) is 33.0 Å². The second kappa shape index (κ2) is 9.12. The Hall–Kier alpha value is -1.83. The average Bonchev–Trinajstić information content (AvgIpc) is 3.32. The van der Waals surface area contributed by atoms with Gasteiger partial charge in [0.1, 0.15) is 6.04 Å². The number of nitrogens with one attached hydrogen (secondary N) is 1. The molecule has 0 radical (unpaired) electrons. The number of thiol groups is 1. The van der Waals surface area contributed by atoms with E-state index in [1.807, 2.05) is 35.7 Å². The molecule has 0 saturated carbocycles. The van der Waals surface area contributed by atoms with Crippen LogP contribution in [-0.4, -0.2) is 28.8 Å². The van der Waals surface area contributed by atoms with Crippen LogP contribution in [0.2, 0.25) is 0 Å². The van der Waals surface area contributed by atoms with Crippen LogP contribution in [0.4, 0.5) is 0 Å². The molecule has 1 aliphatic carbocycles. The highest BCUT2D eigenvalue weighted by atomic mass is 79.9. The number of aliphatic carboxylic acids is 1. The lowest BCUT2D eigenvalue weighted by molar-refractivity contribution is -0.142. The molecule has 4 rings (SSSR count). The molecule has 1 heterocycles. The molecule has 1 aliphatic rings. The number of carbonyl (C=O) groups excluding carboxylic acids is 1. The van der Waals surface area contributed by atoms with Crippen LogP contribution in [0.25, 0.3) is 10.1 Å². The van der Waals surface area contributed by atoms with Gasteiger partial charge in [-0.25, -0.2) is 4.79 Å². The Morgan fingerprint density at radius 2 is 2.07 bits per heavy atom. The molecule has 7 heteroatoms. The number of hydrogen-bond acceptors (Lipinski definition) is 4. The first-order valence-corrected chi connectivity index (χ1v) is 12.2. The molecule has 4 nitrogen and oxygen atoms in total. The van der Waals surface area contributed by atoms with E-state index in [1.54, 1.807) is 11.3 Å². The predicted molar refractivity (Wildman–Crippen MR) is 128 cm³/mol. The summed E-state index contributed by atoms with van der Waals surface area (Å²) in [6, 6.07) is 13.1. The first-order chi connectivity index (χ1) is 14.5. The maximum absolute atomic E-state index is 13.1. The summed E-state index contributed by atoms with van der Waals surface area (Å²) in [5.41, 5.74) is 3.36. The maximum Gasteiger partial charge on any atom is 0.326 e. The number of benzene rings is 2. The fraction of sp³-hybridized carbons (Fsp3) is 0.304. The van der Waals surface area contributed by atoms with Crippen molar-refractivity contribution in [2.45, 2.75) is 31.2 Å². The van der Waals surface area contributed by atoms with E-state index in [9.17, 15) is 14.7 Å². The third kappa shape index (κ3) is 4.29. The van der Waals surface area contributed by atoms with E-state index in [0.29, 0.717) is 5.75 Å². The lowest BCUT2D eigenvalue weighted by Gasteiger charge is -2.24. The average molecular weight is 504 g/mol. The fourth-order valence-electron chi connectivity index (χ4n) is 4.32. The molecule has 3 unspecified atom stereocenters. The van der Waals surface area contributed by atoms with Crippen LogP contribution in [0.5, 0.6) is 0 Å². The standard InChI is InChI=1S/C23H22BrNO3S2/c24-15-6-8-16-13(9-15)5-7-18(16)19(11-29)22(26)25-20(23(27)28)10-14-12-30-21-4-2-1-3-17(14)21/h1-4,6,8-9,12,18-20,29H,5,7,10-11H2,(H,25,26)(H,27,28). The van der Waals surface area contributed by atoms with Crippen LogP contribution in [0, 0.1) is 5.92 Å². The number of halogens is 1. The highest BCUT2D eigenvalue weighted by molar-refractivity contribution is 9.10. The largest absolute Gasteiger partial charge is 0.480 e. The topological polar surface area (TPSA) is 66.4 Å². The Labute approximate surface area is 193 Å². The second-order valence-electron chi connectivity index (χ2n) is 7.64. The molecule has 3 atom stereocenters. The van der Waals surface area contributed by atoms with E-state index < -0.39 is 12.0 Å². The van der Waals surface area contributed by atoms with Gasteiger partial charge in [0.15, 0.2) is 0 Å². The molecule has 0 fully saturated rings. The second-order valence-corrected chi connectivity index (χ2v) is 9.83. The summed E-state index contributed by atoms with van der Waals surface area (Å²) in [6.45, 7) is 0. The third-order valence-corrected chi connectivity index (χ3v) is 7.75. The summed E-state index contributed by atoms with van der Waals surface area (Å²) in [6.07, 6.45) is 2.05. The number of carboxylic acids is 1. The van der Waals surface area contributed by atoms with Gasteiger partial charge in [0.2, 0.25) is 5.91 Å². The van der Waals surface area contributed by atoms with Gasteiger partial charge in [-0.2, -0.15) is 12.6 Å². The molecule has 0 bridgehead atoms. The monoisotopic (exact) mass is 503 g/mol. The van der Waals surface area contributed by atoms with Crippen molar-refractivity contribution in [1.82, 2.24) is 5.32 Å². The van der Waals surface area contributed by atoms with E-state index in [2.05, 4.69) is 46.0 Å². The summed E-state index contributed by atoms with van der Waals surface area (Å²) >= 11 is 9.53. The molecule has 1 amide bonds. The summed E-state index contributed by atoms with van der Waals surface area (Å²) in [5, 5.41) is 15.6. The molecular formula is C23H22BrNO3S2. The molecule has 3 aromatic rings. The van der Waals surface area contributed by atoms with E-state index in [-0.39, 0.29) is 24.2 Å². The minimum Gasteiger partial charge on any atom is -0.480 e. The van der Waals surface area contributed by atoms with Crippen molar-refractivity contribution >= 4 is 61.9 Å². The first-order valence-electron chi connectivity index (χ1n) is 9.85. The Bertz CT molecular complexity index is 1100. The molecule has 2 N–H and O–H groups in total. The number of carbonyl (C=O) groups is 2. The van der Waals surface area contributed by atoms with Crippen molar-refractivity contribution in [3.05, 3.63) is 69.0 Å². The molecule has 156 valence electrons. The summed E-state index contributed by atoms with van der Waals surface area (Å²) in [7, 11) is 0. The van der Waals surface area contributed by atoms with Crippen molar-refractivity contribution < 1.29 is 14.7 Å². The van der Waals surface area contributed by atoms with Crippen molar-refractivity contribution in [1.29, 1.82) is 0 Å². The van der Waals surface area contributed by atoms with Gasteiger partial charge in [0.05, 0.1) is 5.92 Å². The minimum absolute atomic E-state index is 0.0574. The maximum atomic E-state index is 13.1. The third-order valence-electron chi connectivity index (χ3n) is 5.85. The highest BCUT2D eigenvalue weighted by Crippen LogP contribution is 2.40. The zero-order chi connectivity index (χ0) is 21.3. The smallest absolute Gasteiger partial charge is 0.326 e. The van der Waals surface area contributed by atoms with Gasteiger partial charge in [-0.3, -0.25) is 4.79 Å². The number of fused-ring (bicyclic) bond motifs is 2. The number of carboxylic acid groups (broad SMARTS) is 1. The Kier molecular flexibility index (Phi) is 6.51. The Balaban J connectivity index is 1.52. The molecule has 0 spiro atoms. The van der Waals surface area contributed by atoms with E-state index in [4.69, 9.17) is 0 Å². The van der Waals surface area contributed by atoms with Crippen molar-refractivity contribution in [3.8, 4) is 0 Å². The number of amides is 1. The highest BCUT2D eigenvalue weighted by Gasteiger charge is 2.35. The predicted octanol–water partition coefficient (Wildman–Crippen LogP) is 5.05. The van der Waals surface area contributed by atoms with Crippen molar-refractivity contribution in [3.63, 3.8) is 0 Å². The van der Waals surface area contributed by atoms with Gasteiger partial charge >= 0.3 is 5.97 Å². The number of thiophene rings is 1. The van der Waals surface area contributed by atoms with Crippen LogP contribution < -0.4 is 5.32 Å². The van der Waals surface area contributed by atoms with Gasteiger partial charge in [-0.1, -0.05) is 40.2 Å². The normalized spacial score (nSPS) is 17.5. The van der Waals surface area contributed by atoms with Gasteiger partial charge < -0.3 is 10.4 Å². The SMILES string of the molecule is O=C(O)C(Cc1csc2ccccc12)NC(=O)C(CS)C1CCc2cc(Br)ccc21. The molecular weight excluding hydrogens is 482 g/mol. The summed E-state index contributed by atoms with van der Waals surface area (Å²) < 4.78 is 2.15. The van der Waals surface area contributed by atoms with Gasteiger partial charge in [-0.15, -0.1) is 11.3 Å². The van der Waals surface area contributed by atoms with E-state index in [1.165, 1.54) is 11.1 Å². The molecule has 0 aliphatic heterocycles. The van der Waals surface area contributed by atoms with Crippen molar-refractivity contribution in [2.24, 2.45) is 5.92 Å². The zero-order valence-electron chi connectivity index (χ0n) is 16.2. The molecule has 30 heavy (non-hydrogen) atoms. The fourth-order valence-corrected chi connectivity index (χ4v) is 6.12. The van der Waals surface area contributed by atoms with Crippen molar-refractivity contribution in [2.75, 3.05) is 5.75 Å². The lowest BCUT2D eigenvalue weighted by atomic mass is 9.87. The van der Waals surface area contributed by atoms with Crippen LogP contribution in [0.3, 0.4) is 0 Å². The van der Waals surface area contributed by atoms with Crippen LogP contribution in [0.15, 0.2) is 52.3 Å². The minimum atomic E-state index is -1.02. The van der Waals surface area contributed by atoms with Crippen LogP contribution in [0.1, 0.15) is 29.0 Å². The number of hydrogen-bond donors (Lipinski definition) is 3. The summed E-state index contributed by atoms with van der Waals surface area (Å²) in [4.78, 5) is 25.0. The summed E-state index contributed by atoms with van der Waals surface area (Å²) in [5.74, 6) is -1.19. The van der Waals surface area contributed by atoms with Crippen LogP contribution in [-0.2, 0) is 22.4 Å². The quantitative estimate of drug-likeness (QED) is 0.395. The molecule has 0 saturated heterocycles. The number of aryl methyl sites for hydroxylation is 1. The first kappa shape index (κ1) is 21.4. The lowest BCUT2D eigenvalue weighted by Crippen LogP contribution is -2.46. The molecule has 2 aromatic carbocycles. The van der Waals surface area contributed by atoms with Crippen LogP contribution >= 0.6 is 39.9 Å².